The van der Waals surface area contributed by atoms with Crippen LogP contribution in [-0.2, 0) is 21.0 Å². The Hall–Kier alpha value is -4.23. The van der Waals surface area contributed by atoms with Gasteiger partial charge in [-0.3, -0.25) is 4.79 Å². The van der Waals surface area contributed by atoms with Crippen molar-refractivity contribution in [1.82, 2.24) is 0 Å². The molecule has 0 saturated carbocycles. The average molecular weight is 512 g/mol. The summed E-state index contributed by atoms with van der Waals surface area (Å²) in [6.07, 6.45) is 1.02. The van der Waals surface area contributed by atoms with E-state index in [0.29, 0.717) is 0 Å². The molecule has 0 bridgehead atoms. The molecule has 0 unspecified atom stereocenters. The average Bonchev–Trinajstić information content (AvgIpc) is 2.91. The maximum atomic E-state index is 13.2. The van der Waals surface area contributed by atoms with E-state index in [9.17, 15) is 18.7 Å². The summed E-state index contributed by atoms with van der Waals surface area (Å²) in [7, 11) is -4.72. The predicted molar refractivity (Wildman–Crippen MR) is 138 cm³/mol. The van der Waals surface area contributed by atoms with E-state index in [1.165, 1.54) is 12.1 Å². The number of nitrogens with zero attached hydrogens (tertiary/aromatic N) is 2. The fourth-order valence-electron chi connectivity index (χ4n) is 3.91. The molecule has 36 heavy (non-hydrogen) atoms. The first-order chi connectivity index (χ1) is 17.5. The van der Waals surface area contributed by atoms with E-state index in [1.807, 2.05) is 48.5 Å². The van der Waals surface area contributed by atoms with E-state index < -0.39 is 15.9 Å². The minimum atomic E-state index is -4.33. The summed E-state index contributed by atoms with van der Waals surface area (Å²) in [6.45, 7) is 0. The maximum absolute atomic E-state index is 13.2. The number of benzene rings is 4. The quantitative estimate of drug-likeness (QED) is 0.150. The molecular weight excluding hydrogens is 492 g/mol. The number of Topliss-reactive ketones (excluding diaryl/α,β-unsaturated/α-hetero) is 1. The van der Waals surface area contributed by atoms with Crippen LogP contribution in [-0.4, -0.2) is 24.7 Å². The van der Waals surface area contributed by atoms with Crippen LogP contribution in [0.5, 0.6) is 5.75 Å². The Balaban J connectivity index is 1.48. The lowest BCUT2D eigenvalue weighted by Crippen LogP contribution is -2.24. The third-order valence-electron chi connectivity index (χ3n) is 5.54. The fourth-order valence-corrected chi connectivity index (χ4v) is 7.15. The lowest BCUT2D eigenvalue weighted by molar-refractivity contribution is -0.00437. The molecule has 5 rings (SSSR count). The summed E-state index contributed by atoms with van der Waals surface area (Å²) in [4.78, 5) is 18.4. The van der Waals surface area contributed by atoms with Gasteiger partial charge in [-0.25, -0.2) is 0 Å². The summed E-state index contributed by atoms with van der Waals surface area (Å²) in [5.41, 5.74) is 9.16. The van der Waals surface area contributed by atoms with Gasteiger partial charge < -0.3 is 9.71 Å². The predicted octanol–water partition coefficient (Wildman–Crippen LogP) is 5.40. The van der Waals surface area contributed by atoms with Gasteiger partial charge in [-0.1, -0.05) is 60.7 Å². The van der Waals surface area contributed by atoms with Crippen molar-refractivity contribution in [2.24, 2.45) is 0 Å². The number of allylic oxidation sites excluding steroid dienone is 1. The zero-order valence-electron chi connectivity index (χ0n) is 18.8. The number of carbonyl (C=O) groups excluding carboxylic acids is 1. The lowest BCUT2D eigenvalue weighted by atomic mass is 9.95. The van der Waals surface area contributed by atoms with Crippen LogP contribution in [0.3, 0.4) is 0 Å². The first-order valence-electron chi connectivity index (χ1n) is 10.9. The first-order valence-corrected chi connectivity index (χ1v) is 13.6. The van der Waals surface area contributed by atoms with E-state index in [0.717, 1.165) is 20.8 Å². The van der Waals surface area contributed by atoms with Crippen LogP contribution in [0, 0.1) is 0 Å². The molecule has 0 radical (unpaired) electrons. The van der Waals surface area contributed by atoms with Crippen molar-refractivity contribution in [3.63, 3.8) is 0 Å². The second-order valence-corrected chi connectivity index (χ2v) is 11.4. The molecule has 4 aromatic rings. The van der Waals surface area contributed by atoms with Gasteiger partial charge >= 0.3 is 15.8 Å². The molecule has 0 saturated heterocycles. The Morgan fingerprint density at radius 2 is 1.17 bits per heavy atom. The fraction of sp³-hybridized carbons (Fsp3) is 0. The second kappa shape index (κ2) is 9.79. The number of fused-ring (bicyclic) bond motifs is 1. The molecule has 0 amide bonds. The van der Waals surface area contributed by atoms with Crippen LogP contribution in [0.15, 0.2) is 130 Å². The highest BCUT2D eigenvalue weighted by molar-refractivity contribution is 7.97. The third-order valence-corrected chi connectivity index (χ3v) is 9.06. The van der Waals surface area contributed by atoms with Crippen LogP contribution in [0.2, 0.25) is 0 Å². The van der Waals surface area contributed by atoms with E-state index in [-0.39, 0.29) is 38.4 Å². The molecule has 0 atom stereocenters. The van der Waals surface area contributed by atoms with Gasteiger partial charge in [0, 0.05) is 11.1 Å². The molecule has 1 aliphatic rings. The first kappa shape index (κ1) is 23.5. The zero-order valence-corrected chi connectivity index (χ0v) is 20.4. The van der Waals surface area contributed by atoms with E-state index in [4.69, 9.17) is 4.18 Å². The van der Waals surface area contributed by atoms with Gasteiger partial charge in [0.1, 0.15) is 10.7 Å². The molecule has 0 aromatic heterocycles. The minimum Gasteiger partial charge on any atom is -0.379 e. The van der Waals surface area contributed by atoms with Gasteiger partial charge in [-0.05, 0) is 48.5 Å². The van der Waals surface area contributed by atoms with Crippen LogP contribution < -0.4 is 4.18 Å². The van der Waals surface area contributed by atoms with Gasteiger partial charge in [0.15, 0.2) is 14.7 Å². The van der Waals surface area contributed by atoms with Gasteiger partial charge in [-0.2, -0.15) is 13.2 Å². The maximum Gasteiger partial charge on any atom is 0.364 e. The number of hydrogen-bond donors (Lipinski definition) is 0. The smallest absolute Gasteiger partial charge is 0.364 e. The molecule has 4 aromatic carbocycles. The summed E-state index contributed by atoms with van der Waals surface area (Å²) in [5, 5.41) is 0. The summed E-state index contributed by atoms with van der Waals surface area (Å²) in [5.74, 6) is -0.438. The molecule has 0 spiro atoms. The Morgan fingerprint density at radius 3 is 1.72 bits per heavy atom. The largest absolute Gasteiger partial charge is 0.379 e. The Kier molecular flexibility index (Phi) is 6.40. The standard InChI is InChI=1S/C28H19N2O4S2/c29-30-26-19-27(24-13-7-8-14-25(24)28(26)31)36(32,33)34-20-15-17-23(18-16-20)35(21-9-3-1-4-10-21)22-11-5-2-6-12-22/h1-19H/q+1. The van der Waals surface area contributed by atoms with Gasteiger partial charge in [0.2, 0.25) is 0 Å². The van der Waals surface area contributed by atoms with E-state index in [1.54, 1.807) is 24.3 Å². The van der Waals surface area contributed by atoms with Crippen molar-refractivity contribution in [2.75, 3.05) is 0 Å². The Bertz CT molecular complexity index is 1590. The van der Waals surface area contributed by atoms with Crippen molar-refractivity contribution in [1.29, 1.82) is 0 Å². The lowest BCUT2D eigenvalue weighted by Gasteiger charge is -2.15. The Morgan fingerprint density at radius 1 is 0.667 bits per heavy atom. The number of rotatable bonds is 6. The second-order valence-electron chi connectivity index (χ2n) is 7.81. The number of carbonyl (C=O) groups is 1. The monoisotopic (exact) mass is 511 g/mol. The molecular formula is C28H19N2O4S2+. The van der Waals surface area contributed by atoms with Crippen molar-refractivity contribution < 1.29 is 22.2 Å². The van der Waals surface area contributed by atoms with Crippen molar-refractivity contribution in [3.05, 3.63) is 132 Å². The van der Waals surface area contributed by atoms with E-state index >= 15 is 0 Å². The molecule has 0 aliphatic heterocycles. The highest BCUT2D eigenvalue weighted by Crippen LogP contribution is 2.34. The highest BCUT2D eigenvalue weighted by Gasteiger charge is 2.36. The van der Waals surface area contributed by atoms with Crippen molar-refractivity contribution in [2.45, 2.75) is 14.7 Å². The molecule has 1 aliphatic carbocycles. The van der Waals surface area contributed by atoms with E-state index in [2.05, 4.69) is 29.1 Å². The van der Waals surface area contributed by atoms with Crippen LogP contribution in [0.4, 0.5) is 0 Å². The Labute approximate surface area is 211 Å². The molecule has 0 N–H and O–H groups in total. The summed E-state index contributed by atoms with van der Waals surface area (Å²) < 4.78 is 31.9. The number of hydrogen-bond acceptors (Lipinski definition) is 4. The molecule has 0 fully saturated rings. The van der Waals surface area contributed by atoms with Crippen LogP contribution >= 0.6 is 0 Å². The van der Waals surface area contributed by atoms with Crippen LogP contribution in [0.1, 0.15) is 15.9 Å². The molecule has 8 heteroatoms. The van der Waals surface area contributed by atoms with Gasteiger partial charge in [-0.15, -0.1) is 0 Å². The van der Waals surface area contributed by atoms with Gasteiger partial charge in [0.25, 0.3) is 5.78 Å². The van der Waals surface area contributed by atoms with Crippen molar-refractivity contribution in [3.8, 4) is 5.75 Å². The molecule has 6 nitrogen and oxygen atoms in total. The van der Waals surface area contributed by atoms with Crippen LogP contribution in [0.25, 0.3) is 10.4 Å². The SMILES string of the molecule is [N-]=[N+]=C1C=C(S(=O)(=O)Oc2ccc([S+](c3ccccc3)c3ccccc3)cc2)c2ccccc2C1=O. The van der Waals surface area contributed by atoms with Crippen molar-refractivity contribution >= 4 is 37.4 Å². The topological polar surface area (TPSA) is 96.8 Å². The number of ketones is 1. The third kappa shape index (κ3) is 4.53. The molecule has 0 heterocycles. The van der Waals surface area contributed by atoms with Gasteiger partial charge in [0.05, 0.1) is 17.0 Å². The summed E-state index contributed by atoms with van der Waals surface area (Å²) in [6, 6.07) is 33.3. The molecule has 176 valence electrons. The zero-order chi connectivity index (χ0) is 25.1. The minimum absolute atomic E-state index is 0.125. The highest BCUT2D eigenvalue weighted by atomic mass is 32.2. The summed E-state index contributed by atoms with van der Waals surface area (Å²) >= 11 is 0. The normalized spacial score (nSPS) is 13.1.